The van der Waals surface area contributed by atoms with Gasteiger partial charge in [-0.3, -0.25) is 24.3 Å². The maximum atomic E-state index is 12.5. The quantitative estimate of drug-likeness (QED) is 0.579. The van der Waals surface area contributed by atoms with E-state index in [1.165, 1.54) is 9.80 Å². The second-order valence-electron chi connectivity index (χ2n) is 7.49. The van der Waals surface area contributed by atoms with E-state index in [9.17, 15) is 14.4 Å². The van der Waals surface area contributed by atoms with Crippen molar-refractivity contribution in [1.82, 2.24) is 9.88 Å². The SMILES string of the molecule is CCN1C(=O)C[C@@H]([NH+]2CCN(c3ccc(C(=O)c4ccncc4)cc3)CC2)C1=O. The lowest BCUT2D eigenvalue weighted by atomic mass is 10.0. The van der Waals surface area contributed by atoms with E-state index in [1.807, 2.05) is 31.2 Å². The van der Waals surface area contributed by atoms with Crippen LogP contribution in [0.15, 0.2) is 48.8 Å². The van der Waals surface area contributed by atoms with Crippen LogP contribution in [-0.2, 0) is 9.59 Å². The summed E-state index contributed by atoms with van der Waals surface area (Å²) in [5.74, 6) is -0.0927. The molecule has 2 saturated heterocycles. The topological polar surface area (TPSA) is 75.0 Å². The predicted octanol–water partition coefficient (Wildman–Crippen LogP) is 0.165. The summed E-state index contributed by atoms with van der Waals surface area (Å²) in [6.07, 6.45) is 3.56. The smallest absolute Gasteiger partial charge is 0.288 e. The number of likely N-dealkylation sites (N-methyl/N-ethyl adjacent to an activating group) is 1. The molecular formula is C22H25N4O3+. The van der Waals surface area contributed by atoms with Crippen molar-refractivity contribution in [2.75, 3.05) is 37.6 Å². The standard InChI is InChI=1S/C22H24N4O3/c1-2-26-20(27)15-19(22(26)29)25-13-11-24(12-14-25)18-5-3-16(4-6-18)21(28)17-7-9-23-10-8-17/h3-10,19H,2,11-15H2,1H3/p+1/t19-/m1/s1. The molecule has 7 nitrogen and oxygen atoms in total. The molecule has 2 aliphatic rings. The number of piperazine rings is 1. The number of likely N-dealkylation sites (tertiary alicyclic amines) is 1. The maximum Gasteiger partial charge on any atom is 0.288 e. The van der Waals surface area contributed by atoms with E-state index in [0.29, 0.717) is 24.1 Å². The Morgan fingerprint density at radius 1 is 1.03 bits per heavy atom. The van der Waals surface area contributed by atoms with E-state index in [4.69, 9.17) is 0 Å². The first-order valence-electron chi connectivity index (χ1n) is 10.1. The Bertz CT molecular complexity index is 905. The number of hydrogen-bond acceptors (Lipinski definition) is 5. The van der Waals surface area contributed by atoms with Crippen molar-refractivity contribution in [3.8, 4) is 0 Å². The van der Waals surface area contributed by atoms with Crippen LogP contribution in [0, 0.1) is 0 Å². The monoisotopic (exact) mass is 393 g/mol. The summed E-state index contributed by atoms with van der Waals surface area (Å²) >= 11 is 0. The molecule has 2 amide bonds. The first-order valence-corrected chi connectivity index (χ1v) is 10.1. The number of ketones is 1. The first-order chi connectivity index (χ1) is 14.1. The molecule has 1 aromatic carbocycles. The zero-order valence-corrected chi connectivity index (χ0v) is 16.5. The first kappa shape index (κ1) is 19.3. The zero-order valence-electron chi connectivity index (χ0n) is 16.5. The second kappa shape index (κ2) is 8.13. The summed E-state index contributed by atoms with van der Waals surface area (Å²) in [6, 6.07) is 10.9. The van der Waals surface area contributed by atoms with Crippen LogP contribution in [0.1, 0.15) is 29.3 Å². The highest BCUT2D eigenvalue weighted by atomic mass is 16.2. The second-order valence-corrected chi connectivity index (χ2v) is 7.49. The van der Waals surface area contributed by atoms with Gasteiger partial charge in [-0.25, -0.2) is 0 Å². The number of carbonyl (C=O) groups excluding carboxylic acids is 3. The number of pyridine rings is 1. The maximum absolute atomic E-state index is 12.5. The number of aromatic nitrogens is 1. The number of anilines is 1. The van der Waals surface area contributed by atoms with Gasteiger partial charge in [-0.2, -0.15) is 0 Å². The Morgan fingerprint density at radius 2 is 1.66 bits per heavy atom. The Balaban J connectivity index is 1.37. The van der Waals surface area contributed by atoms with Crippen LogP contribution in [0.5, 0.6) is 0 Å². The Hall–Kier alpha value is -3.06. The third-order valence-electron chi connectivity index (χ3n) is 5.90. The van der Waals surface area contributed by atoms with Crippen molar-refractivity contribution in [3.05, 3.63) is 59.9 Å². The molecule has 29 heavy (non-hydrogen) atoms. The molecule has 4 rings (SSSR count). The molecule has 1 atom stereocenters. The van der Waals surface area contributed by atoms with E-state index >= 15 is 0 Å². The molecule has 2 aliphatic heterocycles. The molecule has 0 spiro atoms. The van der Waals surface area contributed by atoms with E-state index < -0.39 is 0 Å². The number of quaternary nitrogens is 1. The van der Waals surface area contributed by atoms with Gasteiger partial charge in [-0.05, 0) is 43.3 Å². The molecule has 0 aliphatic carbocycles. The fourth-order valence-electron chi connectivity index (χ4n) is 4.23. The average Bonchev–Trinajstić information content (AvgIpc) is 3.07. The van der Waals surface area contributed by atoms with Crippen molar-refractivity contribution < 1.29 is 19.3 Å². The van der Waals surface area contributed by atoms with Gasteiger partial charge in [0.05, 0.1) is 32.6 Å². The lowest BCUT2D eigenvalue weighted by molar-refractivity contribution is -0.915. The largest absolute Gasteiger partial charge is 0.360 e. The van der Waals surface area contributed by atoms with Gasteiger partial charge in [0.15, 0.2) is 11.8 Å². The molecule has 7 heteroatoms. The summed E-state index contributed by atoms with van der Waals surface area (Å²) in [5, 5.41) is 0. The van der Waals surface area contributed by atoms with Gasteiger partial charge in [-0.1, -0.05) is 0 Å². The Kier molecular flexibility index (Phi) is 5.40. The number of amides is 2. The van der Waals surface area contributed by atoms with E-state index in [1.54, 1.807) is 24.5 Å². The minimum absolute atomic E-state index is 0.0156. The number of hydrogen-bond donors (Lipinski definition) is 1. The molecule has 1 N–H and O–H groups in total. The van der Waals surface area contributed by atoms with Gasteiger partial charge in [0.25, 0.3) is 5.91 Å². The lowest BCUT2D eigenvalue weighted by Crippen LogP contribution is -3.19. The molecule has 0 unspecified atom stereocenters. The lowest BCUT2D eigenvalue weighted by Gasteiger charge is -2.35. The average molecular weight is 393 g/mol. The fourth-order valence-corrected chi connectivity index (χ4v) is 4.23. The number of benzene rings is 1. The number of nitrogens with zero attached hydrogens (tertiary/aromatic N) is 3. The number of carbonyl (C=O) groups is 3. The van der Waals surface area contributed by atoms with Crippen LogP contribution in [0.2, 0.25) is 0 Å². The van der Waals surface area contributed by atoms with E-state index in [0.717, 1.165) is 31.9 Å². The number of rotatable bonds is 5. The Labute approximate surface area is 169 Å². The summed E-state index contributed by atoms with van der Waals surface area (Å²) in [6.45, 7) is 5.57. The van der Waals surface area contributed by atoms with Crippen molar-refractivity contribution in [2.45, 2.75) is 19.4 Å². The predicted molar refractivity (Wildman–Crippen MR) is 108 cm³/mol. The van der Waals surface area contributed by atoms with Crippen LogP contribution in [0.4, 0.5) is 5.69 Å². The van der Waals surface area contributed by atoms with Crippen molar-refractivity contribution in [2.24, 2.45) is 0 Å². The van der Waals surface area contributed by atoms with Gasteiger partial charge in [0.2, 0.25) is 5.91 Å². The highest BCUT2D eigenvalue weighted by Crippen LogP contribution is 2.18. The van der Waals surface area contributed by atoms with Crippen LogP contribution in [0.3, 0.4) is 0 Å². The highest BCUT2D eigenvalue weighted by molar-refractivity contribution is 6.09. The highest BCUT2D eigenvalue weighted by Gasteiger charge is 2.44. The minimum Gasteiger partial charge on any atom is -0.360 e. The van der Waals surface area contributed by atoms with Gasteiger partial charge in [-0.15, -0.1) is 0 Å². The summed E-state index contributed by atoms with van der Waals surface area (Å²) in [5.41, 5.74) is 2.35. The molecule has 2 fully saturated rings. The van der Waals surface area contributed by atoms with E-state index in [-0.39, 0.29) is 23.6 Å². The van der Waals surface area contributed by atoms with Crippen LogP contribution >= 0.6 is 0 Å². The van der Waals surface area contributed by atoms with Crippen LogP contribution in [-0.4, -0.2) is 66.2 Å². The minimum atomic E-state index is -0.232. The molecule has 3 heterocycles. The normalized spacial score (nSPS) is 20.4. The van der Waals surface area contributed by atoms with E-state index in [2.05, 4.69) is 9.88 Å². The number of imide groups is 1. The third kappa shape index (κ3) is 3.78. The van der Waals surface area contributed by atoms with Crippen molar-refractivity contribution >= 4 is 23.3 Å². The molecule has 0 saturated carbocycles. The summed E-state index contributed by atoms with van der Waals surface area (Å²) in [7, 11) is 0. The van der Waals surface area contributed by atoms with Gasteiger partial charge in [0, 0.05) is 35.8 Å². The van der Waals surface area contributed by atoms with Gasteiger partial charge in [0.1, 0.15) is 0 Å². The summed E-state index contributed by atoms with van der Waals surface area (Å²) in [4.78, 5) is 45.8. The molecule has 0 radical (unpaired) electrons. The fraction of sp³-hybridized carbons (Fsp3) is 0.364. The molecule has 1 aromatic heterocycles. The molecular weight excluding hydrogens is 368 g/mol. The molecule has 150 valence electrons. The summed E-state index contributed by atoms with van der Waals surface area (Å²) < 4.78 is 0. The van der Waals surface area contributed by atoms with Crippen LogP contribution in [0.25, 0.3) is 0 Å². The van der Waals surface area contributed by atoms with Crippen LogP contribution < -0.4 is 9.80 Å². The van der Waals surface area contributed by atoms with Gasteiger partial charge >= 0.3 is 0 Å². The Morgan fingerprint density at radius 3 is 2.24 bits per heavy atom. The third-order valence-corrected chi connectivity index (χ3v) is 5.90. The number of nitrogens with one attached hydrogen (secondary N) is 1. The zero-order chi connectivity index (χ0) is 20.4. The van der Waals surface area contributed by atoms with Crippen molar-refractivity contribution in [3.63, 3.8) is 0 Å². The van der Waals surface area contributed by atoms with Gasteiger partial charge < -0.3 is 9.80 Å². The van der Waals surface area contributed by atoms with Crippen molar-refractivity contribution in [1.29, 1.82) is 0 Å². The molecule has 0 bridgehead atoms. The molecule has 2 aromatic rings.